The fourth-order valence-corrected chi connectivity index (χ4v) is 3.12. The van der Waals surface area contributed by atoms with Crippen LogP contribution in [0.3, 0.4) is 0 Å². The van der Waals surface area contributed by atoms with Crippen LogP contribution in [-0.2, 0) is 0 Å². The number of carbonyl (C=O) groups excluding carboxylic acids is 1. The van der Waals surface area contributed by atoms with Crippen LogP contribution >= 0.6 is 0 Å². The highest BCUT2D eigenvalue weighted by molar-refractivity contribution is 5.98. The van der Waals surface area contributed by atoms with E-state index in [0.29, 0.717) is 18.5 Å². The van der Waals surface area contributed by atoms with Crippen LogP contribution in [0, 0.1) is 0 Å². The first-order chi connectivity index (χ1) is 12.1. The van der Waals surface area contributed by atoms with Crippen molar-refractivity contribution < 1.29 is 9.90 Å². The number of carbonyl (C=O) groups is 1. The minimum Gasteiger partial charge on any atom is -0.393 e. The maximum absolute atomic E-state index is 12.5. The number of hydrogen-bond acceptors (Lipinski definition) is 2. The second kappa shape index (κ2) is 7.95. The molecule has 0 radical (unpaired) electrons. The van der Waals surface area contributed by atoms with Gasteiger partial charge >= 0.3 is 0 Å². The Morgan fingerprint density at radius 1 is 0.960 bits per heavy atom. The Morgan fingerprint density at radius 2 is 1.64 bits per heavy atom. The predicted molar refractivity (Wildman–Crippen MR) is 102 cm³/mol. The standard InChI is InChI=1S/C22H23NO2/c1-16(24)13-21(17-7-3-2-4-8-17)15-23-22(25)20-12-11-18-9-5-6-10-19(18)14-20/h2-12,14,16,21,24H,13,15H2,1H3,(H,23,25). The molecular formula is C22H23NO2. The van der Waals surface area contributed by atoms with Crippen LogP contribution in [-0.4, -0.2) is 23.7 Å². The van der Waals surface area contributed by atoms with E-state index in [9.17, 15) is 9.90 Å². The summed E-state index contributed by atoms with van der Waals surface area (Å²) in [6.45, 7) is 2.28. The smallest absolute Gasteiger partial charge is 0.251 e. The Morgan fingerprint density at radius 3 is 2.36 bits per heavy atom. The second-order valence-electron chi connectivity index (χ2n) is 6.46. The maximum Gasteiger partial charge on any atom is 0.251 e. The van der Waals surface area contributed by atoms with Crippen molar-refractivity contribution in [3.63, 3.8) is 0 Å². The molecule has 0 aliphatic rings. The van der Waals surface area contributed by atoms with Gasteiger partial charge in [-0.1, -0.05) is 60.7 Å². The molecule has 3 heteroatoms. The van der Waals surface area contributed by atoms with Crippen molar-refractivity contribution in [3.8, 4) is 0 Å². The molecule has 0 fully saturated rings. The molecule has 3 rings (SSSR count). The van der Waals surface area contributed by atoms with E-state index in [1.54, 1.807) is 6.92 Å². The van der Waals surface area contributed by atoms with Gasteiger partial charge in [0, 0.05) is 18.0 Å². The minimum absolute atomic E-state index is 0.0859. The number of benzene rings is 3. The van der Waals surface area contributed by atoms with E-state index < -0.39 is 6.10 Å². The normalized spacial score (nSPS) is 13.4. The number of aliphatic hydroxyl groups is 1. The molecule has 0 aromatic heterocycles. The van der Waals surface area contributed by atoms with E-state index in [0.717, 1.165) is 16.3 Å². The van der Waals surface area contributed by atoms with E-state index in [-0.39, 0.29) is 11.8 Å². The van der Waals surface area contributed by atoms with Gasteiger partial charge in [0.1, 0.15) is 0 Å². The van der Waals surface area contributed by atoms with Gasteiger partial charge in [-0.2, -0.15) is 0 Å². The van der Waals surface area contributed by atoms with Crippen LogP contribution < -0.4 is 5.32 Å². The summed E-state index contributed by atoms with van der Waals surface area (Å²) in [5.74, 6) is 0.00267. The van der Waals surface area contributed by atoms with Crippen LogP contribution in [0.2, 0.25) is 0 Å². The number of nitrogens with one attached hydrogen (secondary N) is 1. The second-order valence-corrected chi connectivity index (χ2v) is 6.46. The molecule has 2 N–H and O–H groups in total. The van der Waals surface area contributed by atoms with Gasteiger partial charge in [-0.15, -0.1) is 0 Å². The number of aliphatic hydroxyl groups excluding tert-OH is 1. The van der Waals surface area contributed by atoms with Crippen molar-refractivity contribution in [2.24, 2.45) is 0 Å². The third kappa shape index (κ3) is 4.46. The van der Waals surface area contributed by atoms with Crippen LogP contribution in [0.1, 0.15) is 35.2 Å². The lowest BCUT2D eigenvalue weighted by Crippen LogP contribution is -2.29. The Hall–Kier alpha value is -2.65. The lowest BCUT2D eigenvalue weighted by atomic mass is 9.93. The molecule has 128 valence electrons. The van der Waals surface area contributed by atoms with Gasteiger partial charge in [-0.25, -0.2) is 0 Å². The van der Waals surface area contributed by atoms with Gasteiger partial charge < -0.3 is 10.4 Å². The fraction of sp³-hybridized carbons (Fsp3) is 0.227. The molecule has 3 aromatic carbocycles. The van der Waals surface area contributed by atoms with Crippen molar-refractivity contribution in [1.29, 1.82) is 0 Å². The molecule has 0 heterocycles. The Labute approximate surface area is 148 Å². The molecule has 0 aliphatic carbocycles. The van der Waals surface area contributed by atoms with Crippen molar-refractivity contribution in [3.05, 3.63) is 83.9 Å². The molecule has 25 heavy (non-hydrogen) atoms. The third-order valence-corrected chi connectivity index (χ3v) is 4.42. The van der Waals surface area contributed by atoms with Crippen LogP contribution in [0.5, 0.6) is 0 Å². The molecule has 0 bridgehead atoms. The molecule has 0 saturated heterocycles. The summed E-state index contributed by atoms with van der Waals surface area (Å²) in [6.07, 6.45) is 0.199. The van der Waals surface area contributed by atoms with E-state index >= 15 is 0 Å². The fourth-order valence-electron chi connectivity index (χ4n) is 3.12. The highest BCUT2D eigenvalue weighted by Gasteiger charge is 2.16. The topological polar surface area (TPSA) is 49.3 Å². The number of fused-ring (bicyclic) bond motifs is 1. The largest absolute Gasteiger partial charge is 0.393 e. The minimum atomic E-state index is -0.414. The first kappa shape index (κ1) is 17.2. The van der Waals surface area contributed by atoms with Crippen molar-refractivity contribution in [2.45, 2.75) is 25.4 Å². The van der Waals surface area contributed by atoms with Gasteiger partial charge in [0.25, 0.3) is 5.91 Å². The monoisotopic (exact) mass is 333 g/mol. The molecule has 3 nitrogen and oxygen atoms in total. The van der Waals surface area contributed by atoms with Crippen molar-refractivity contribution in [2.75, 3.05) is 6.54 Å². The number of hydrogen-bond donors (Lipinski definition) is 2. The highest BCUT2D eigenvalue weighted by Crippen LogP contribution is 2.21. The van der Waals surface area contributed by atoms with Gasteiger partial charge in [0.05, 0.1) is 6.10 Å². The van der Waals surface area contributed by atoms with Gasteiger partial charge in [0.15, 0.2) is 0 Å². The highest BCUT2D eigenvalue weighted by atomic mass is 16.3. The van der Waals surface area contributed by atoms with E-state index in [1.165, 1.54) is 0 Å². The molecule has 2 unspecified atom stereocenters. The maximum atomic E-state index is 12.5. The average Bonchev–Trinajstić information content (AvgIpc) is 2.65. The molecule has 0 spiro atoms. The number of amides is 1. The van der Waals surface area contributed by atoms with E-state index in [1.807, 2.05) is 72.8 Å². The van der Waals surface area contributed by atoms with Crippen LogP contribution in [0.4, 0.5) is 0 Å². The number of rotatable bonds is 6. The van der Waals surface area contributed by atoms with Crippen LogP contribution in [0.15, 0.2) is 72.8 Å². The molecule has 0 saturated carbocycles. The van der Waals surface area contributed by atoms with Gasteiger partial charge in [0.2, 0.25) is 0 Å². The summed E-state index contributed by atoms with van der Waals surface area (Å²) >= 11 is 0. The van der Waals surface area contributed by atoms with Crippen molar-refractivity contribution in [1.82, 2.24) is 5.32 Å². The summed E-state index contributed by atoms with van der Waals surface area (Å²) in [7, 11) is 0. The average molecular weight is 333 g/mol. The van der Waals surface area contributed by atoms with E-state index in [4.69, 9.17) is 0 Å². The molecule has 0 aliphatic heterocycles. The lowest BCUT2D eigenvalue weighted by Gasteiger charge is -2.19. The summed E-state index contributed by atoms with van der Waals surface area (Å²) in [5, 5.41) is 15.0. The Balaban J connectivity index is 1.71. The Kier molecular flexibility index (Phi) is 5.46. The van der Waals surface area contributed by atoms with Gasteiger partial charge in [-0.05, 0) is 41.8 Å². The van der Waals surface area contributed by atoms with E-state index in [2.05, 4.69) is 5.32 Å². The van der Waals surface area contributed by atoms with Gasteiger partial charge in [-0.3, -0.25) is 4.79 Å². The molecule has 1 amide bonds. The Bertz CT molecular complexity index is 843. The third-order valence-electron chi connectivity index (χ3n) is 4.42. The summed E-state index contributed by atoms with van der Waals surface area (Å²) < 4.78 is 0. The SMILES string of the molecule is CC(O)CC(CNC(=O)c1ccc2ccccc2c1)c1ccccc1. The zero-order valence-electron chi connectivity index (χ0n) is 14.4. The summed E-state index contributed by atoms with van der Waals surface area (Å²) in [4.78, 5) is 12.5. The first-order valence-corrected chi connectivity index (χ1v) is 8.63. The lowest BCUT2D eigenvalue weighted by molar-refractivity contribution is 0.0945. The summed E-state index contributed by atoms with van der Waals surface area (Å²) in [5.41, 5.74) is 1.78. The zero-order chi connectivity index (χ0) is 17.6. The first-order valence-electron chi connectivity index (χ1n) is 8.63. The van der Waals surface area contributed by atoms with Crippen molar-refractivity contribution >= 4 is 16.7 Å². The predicted octanol–water partition coefficient (Wildman–Crippen LogP) is 4.12. The summed E-state index contributed by atoms with van der Waals surface area (Å²) in [6, 6.07) is 23.7. The molecule has 3 aromatic rings. The molecular weight excluding hydrogens is 310 g/mol. The quantitative estimate of drug-likeness (QED) is 0.713. The zero-order valence-corrected chi connectivity index (χ0v) is 14.4. The molecule has 2 atom stereocenters. The van der Waals surface area contributed by atoms with Crippen LogP contribution in [0.25, 0.3) is 10.8 Å².